The van der Waals surface area contributed by atoms with Crippen molar-refractivity contribution in [3.63, 3.8) is 0 Å². The van der Waals surface area contributed by atoms with Crippen LogP contribution in [0.2, 0.25) is 5.02 Å². The van der Waals surface area contributed by atoms with Crippen LogP contribution in [0.1, 0.15) is 30.1 Å². The van der Waals surface area contributed by atoms with Gasteiger partial charge in [0.25, 0.3) is 5.91 Å². The Bertz CT molecular complexity index is 546. The molecule has 1 amide bonds. The summed E-state index contributed by atoms with van der Waals surface area (Å²) in [4.78, 5) is 25.5. The van der Waals surface area contributed by atoms with E-state index in [0.717, 1.165) is 12.8 Å². The van der Waals surface area contributed by atoms with Gasteiger partial charge in [-0.3, -0.25) is 4.79 Å². The third-order valence-corrected chi connectivity index (χ3v) is 3.75. The number of rotatable bonds is 3. The van der Waals surface area contributed by atoms with Gasteiger partial charge >= 0.3 is 5.97 Å². The quantitative estimate of drug-likeness (QED) is 0.871. The van der Waals surface area contributed by atoms with Crippen molar-refractivity contribution < 1.29 is 19.4 Å². The summed E-state index contributed by atoms with van der Waals surface area (Å²) in [6, 6.07) is 4.10. The predicted octanol–water partition coefficient (Wildman–Crippen LogP) is 2.46. The smallest absolute Gasteiger partial charge is 0.342 e. The lowest BCUT2D eigenvalue weighted by molar-refractivity contribution is -0.136. The highest BCUT2D eigenvalue weighted by atomic mass is 35.5. The van der Waals surface area contributed by atoms with Crippen molar-refractivity contribution in [3.8, 4) is 5.75 Å². The number of benzene rings is 1. The molecule has 1 aromatic rings. The molecule has 1 aliphatic heterocycles. The Morgan fingerprint density at radius 3 is 2.90 bits per heavy atom. The molecule has 1 aromatic carbocycles. The number of phenols is 1. The van der Waals surface area contributed by atoms with Crippen LogP contribution in [0.25, 0.3) is 0 Å². The number of hydrogen-bond donors (Lipinski definition) is 1. The molecule has 0 spiro atoms. The number of nitrogens with zero attached hydrogens (tertiary/aromatic N) is 1. The number of ether oxygens (including phenoxy) is 1. The van der Waals surface area contributed by atoms with Gasteiger partial charge in [-0.15, -0.1) is 0 Å². The van der Waals surface area contributed by atoms with Gasteiger partial charge in [-0.2, -0.15) is 0 Å². The predicted molar refractivity (Wildman–Crippen MR) is 78.4 cm³/mol. The minimum absolute atomic E-state index is 0.000729. The molecule has 0 aromatic heterocycles. The van der Waals surface area contributed by atoms with Crippen molar-refractivity contribution in [1.29, 1.82) is 0 Å². The molecule has 0 unspecified atom stereocenters. The minimum atomic E-state index is -0.734. The van der Waals surface area contributed by atoms with Gasteiger partial charge in [-0.25, -0.2) is 4.79 Å². The molecule has 0 aliphatic carbocycles. The van der Waals surface area contributed by atoms with Crippen LogP contribution in [0.3, 0.4) is 0 Å². The molecular formula is C15H18ClNO4. The van der Waals surface area contributed by atoms with Crippen molar-refractivity contribution in [2.24, 2.45) is 5.92 Å². The number of amides is 1. The Hall–Kier alpha value is -1.75. The van der Waals surface area contributed by atoms with E-state index in [4.69, 9.17) is 16.3 Å². The van der Waals surface area contributed by atoms with Crippen molar-refractivity contribution in [1.82, 2.24) is 4.90 Å². The second kappa shape index (κ2) is 6.80. The maximum Gasteiger partial charge on any atom is 0.342 e. The lowest BCUT2D eigenvalue weighted by atomic mass is 10.0. The third kappa shape index (κ3) is 4.11. The van der Waals surface area contributed by atoms with Crippen LogP contribution in [0.5, 0.6) is 5.75 Å². The van der Waals surface area contributed by atoms with Crippen LogP contribution < -0.4 is 0 Å². The van der Waals surface area contributed by atoms with E-state index in [-0.39, 0.29) is 23.8 Å². The van der Waals surface area contributed by atoms with Gasteiger partial charge in [0, 0.05) is 18.1 Å². The van der Waals surface area contributed by atoms with Crippen molar-refractivity contribution >= 4 is 23.5 Å². The Balaban J connectivity index is 1.90. The second-order valence-corrected chi connectivity index (χ2v) is 5.76. The highest BCUT2D eigenvalue weighted by Gasteiger charge is 2.22. The van der Waals surface area contributed by atoms with E-state index in [9.17, 15) is 14.7 Å². The molecule has 1 atom stereocenters. The molecule has 114 valence electrons. The van der Waals surface area contributed by atoms with E-state index < -0.39 is 5.97 Å². The topological polar surface area (TPSA) is 66.8 Å². The summed E-state index contributed by atoms with van der Waals surface area (Å²) in [6.45, 7) is 3.18. The monoisotopic (exact) mass is 311 g/mol. The lowest BCUT2D eigenvalue weighted by Crippen LogP contribution is -2.41. The van der Waals surface area contributed by atoms with Gasteiger partial charge in [-0.1, -0.05) is 18.5 Å². The first-order chi connectivity index (χ1) is 9.97. The fraction of sp³-hybridized carbons (Fsp3) is 0.467. The van der Waals surface area contributed by atoms with E-state index in [0.29, 0.717) is 24.0 Å². The van der Waals surface area contributed by atoms with Gasteiger partial charge < -0.3 is 14.7 Å². The SMILES string of the molecule is C[C@@H]1CCCN(C(=O)COC(=O)c2ccc(Cl)cc2O)C1. The first-order valence-corrected chi connectivity index (χ1v) is 7.28. The van der Waals surface area contributed by atoms with E-state index >= 15 is 0 Å². The largest absolute Gasteiger partial charge is 0.507 e. The Morgan fingerprint density at radius 1 is 1.48 bits per heavy atom. The maximum atomic E-state index is 12.0. The number of aromatic hydroxyl groups is 1. The average molecular weight is 312 g/mol. The zero-order valence-corrected chi connectivity index (χ0v) is 12.6. The van der Waals surface area contributed by atoms with Crippen molar-refractivity contribution in [2.45, 2.75) is 19.8 Å². The molecule has 1 heterocycles. The van der Waals surface area contributed by atoms with Crippen LogP contribution in [-0.2, 0) is 9.53 Å². The standard InChI is InChI=1S/C15H18ClNO4/c1-10-3-2-6-17(8-10)14(19)9-21-15(20)12-5-4-11(16)7-13(12)18/h4-5,7,10,18H,2-3,6,8-9H2,1H3/t10-/m1/s1. The molecule has 21 heavy (non-hydrogen) atoms. The van der Waals surface area contributed by atoms with Crippen LogP contribution >= 0.6 is 11.6 Å². The number of hydrogen-bond acceptors (Lipinski definition) is 4. The first kappa shape index (κ1) is 15.6. The van der Waals surface area contributed by atoms with Gasteiger partial charge in [0.1, 0.15) is 11.3 Å². The van der Waals surface area contributed by atoms with Crippen LogP contribution in [0.4, 0.5) is 0 Å². The Morgan fingerprint density at radius 2 is 2.24 bits per heavy atom. The second-order valence-electron chi connectivity index (χ2n) is 5.32. The highest BCUT2D eigenvalue weighted by Crippen LogP contribution is 2.22. The van der Waals surface area contributed by atoms with E-state index in [1.807, 2.05) is 0 Å². The van der Waals surface area contributed by atoms with Gasteiger partial charge in [0.2, 0.25) is 0 Å². The van der Waals surface area contributed by atoms with Gasteiger partial charge in [0.15, 0.2) is 6.61 Å². The summed E-state index contributed by atoms with van der Waals surface area (Å²) in [5, 5.41) is 9.95. The summed E-state index contributed by atoms with van der Waals surface area (Å²) in [5.41, 5.74) is -0.000729. The molecule has 1 fully saturated rings. The Labute approximate surface area is 128 Å². The lowest BCUT2D eigenvalue weighted by Gasteiger charge is -2.30. The van der Waals surface area contributed by atoms with E-state index in [2.05, 4.69) is 6.92 Å². The molecule has 1 saturated heterocycles. The van der Waals surface area contributed by atoms with E-state index in [1.54, 1.807) is 4.90 Å². The summed E-state index contributed by atoms with van der Waals surface area (Å²) in [6.07, 6.45) is 2.08. The number of likely N-dealkylation sites (tertiary alicyclic amines) is 1. The van der Waals surface area contributed by atoms with Gasteiger partial charge in [-0.05, 0) is 37.0 Å². The number of phenolic OH excluding ortho intramolecular Hbond substituents is 1. The van der Waals surface area contributed by atoms with Crippen LogP contribution in [0.15, 0.2) is 18.2 Å². The molecule has 2 rings (SSSR count). The summed E-state index contributed by atoms with van der Waals surface area (Å²) in [5.74, 6) is -0.726. The van der Waals surface area contributed by atoms with Gasteiger partial charge in [0.05, 0.1) is 0 Å². The molecule has 6 heteroatoms. The van der Waals surface area contributed by atoms with Crippen molar-refractivity contribution in [2.75, 3.05) is 19.7 Å². The molecule has 1 aliphatic rings. The molecule has 0 bridgehead atoms. The summed E-state index contributed by atoms with van der Waals surface area (Å²) >= 11 is 5.69. The molecule has 0 saturated carbocycles. The number of halogens is 1. The fourth-order valence-electron chi connectivity index (χ4n) is 2.39. The number of carbonyl (C=O) groups is 2. The first-order valence-electron chi connectivity index (χ1n) is 6.91. The minimum Gasteiger partial charge on any atom is -0.507 e. The zero-order valence-electron chi connectivity index (χ0n) is 11.8. The number of esters is 1. The Kier molecular flexibility index (Phi) is 5.07. The van der Waals surface area contributed by atoms with E-state index in [1.165, 1.54) is 18.2 Å². The highest BCUT2D eigenvalue weighted by molar-refractivity contribution is 6.30. The normalized spacial score (nSPS) is 18.4. The average Bonchev–Trinajstić information content (AvgIpc) is 2.44. The fourth-order valence-corrected chi connectivity index (χ4v) is 2.56. The molecule has 0 radical (unpaired) electrons. The van der Waals surface area contributed by atoms with Crippen molar-refractivity contribution in [3.05, 3.63) is 28.8 Å². The van der Waals surface area contributed by atoms with Crippen LogP contribution in [-0.4, -0.2) is 41.6 Å². The summed E-state index contributed by atoms with van der Waals surface area (Å²) < 4.78 is 4.97. The number of piperidine rings is 1. The summed E-state index contributed by atoms with van der Waals surface area (Å²) in [7, 11) is 0. The third-order valence-electron chi connectivity index (χ3n) is 3.52. The van der Waals surface area contributed by atoms with Crippen LogP contribution in [0, 0.1) is 5.92 Å². The number of carbonyl (C=O) groups excluding carboxylic acids is 2. The molecule has 1 N–H and O–H groups in total. The molecular weight excluding hydrogens is 294 g/mol. The zero-order chi connectivity index (χ0) is 15.4. The molecule has 5 nitrogen and oxygen atoms in total. The maximum absolute atomic E-state index is 12.0.